The topological polar surface area (TPSA) is 64.3 Å². The van der Waals surface area contributed by atoms with E-state index in [2.05, 4.69) is 5.32 Å². The Bertz CT molecular complexity index is 238. The van der Waals surface area contributed by atoms with Crippen molar-refractivity contribution in [1.29, 1.82) is 0 Å². The first kappa shape index (κ1) is 14.5. The summed E-state index contributed by atoms with van der Waals surface area (Å²) in [6, 6.07) is 0.215. The quantitative estimate of drug-likeness (QED) is 0.743. The fourth-order valence-electron chi connectivity index (χ4n) is 2.17. The molecule has 0 heterocycles. The molecule has 4 nitrogen and oxygen atoms in total. The average molecular weight is 242 g/mol. The Hall–Kier alpha value is -0.610. The smallest absolute Gasteiger partial charge is 0.246 e. The molecule has 1 saturated carbocycles. The van der Waals surface area contributed by atoms with E-state index in [-0.39, 0.29) is 24.1 Å². The predicted molar refractivity (Wildman–Crippen MR) is 68.7 cm³/mol. The van der Waals surface area contributed by atoms with Crippen molar-refractivity contribution in [1.82, 2.24) is 5.32 Å². The summed E-state index contributed by atoms with van der Waals surface area (Å²) in [6.45, 7) is 4.66. The summed E-state index contributed by atoms with van der Waals surface area (Å²) in [5.41, 5.74) is 6.02. The molecule has 1 fully saturated rings. The number of amides is 1. The van der Waals surface area contributed by atoms with Gasteiger partial charge in [-0.1, -0.05) is 26.2 Å². The first-order valence-corrected chi connectivity index (χ1v) is 6.72. The van der Waals surface area contributed by atoms with Gasteiger partial charge in [0, 0.05) is 11.6 Å². The number of carbonyl (C=O) groups excluding carboxylic acids is 1. The fraction of sp³-hybridized carbons (Fsp3) is 0.923. The van der Waals surface area contributed by atoms with Gasteiger partial charge in [0.2, 0.25) is 5.91 Å². The van der Waals surface area contributed by atoms with Crippen LogP contribution in [0.4, 0.5) is 0 Å². The number of hydrogen-bond acceptors (Lipinski definition) is 3. The van der Waals surface area contributed by atoms with Gasteiger partial charge in [-0.25, -0.2) is 0 Å². The van der Waals surface area contributed by atoms with Crippen LogP contribution in [0.15, 0.2) is 0 Å². The van der Waals surface area contributed by atoms with Crippen molar-refractivity contribution in [3.05, 3.63) is 0 Å². The van der Waals surface area contributed by atoms with Gasteiger partial charge < -0.3 is 15.8 Å². The SMILES string of the molecule is CCC(C)NC(=O)COCC1(N)CCCCC1. The Kier molecular flexibility index (Phi) is 5.92. The molecule has 17 heavy (non-hydrogen) atoms. The minimum Gasteiger partial charge on any atom is -0.370 e. The van der Waals surface area contributed by atoms with Crippen LogP contribution in [0.3, 0.4) is 0 Å². The number of nitrogens with two attached hydrogens (primary N) is 1. The van der Waals surface area contributed by atoms with Crippen LogP contribution in [0.1, 0.15) is 52.4 Å². The zero-order valence-electron chi connectivity index (χ0n) is 11.1. The highest BCUT2D eigenvalue weighted by Gasteiger charge is 2.27. The summed E-state index contributed by atoms with van der Waals surface area (Å²) in [4.78, 5) is 11.5. The second-order valence-electron chi connectivity index (χ2n) is 5.29. The molecule has 0 radical (unpaired) electrons. The van der Waals surface area contributed by atoms with Crippen LogP contribution >= 0.6 is 0 Å². The van der Waals surface area contributed by atoms with Crippen LogP contribution < -0.4 is 11.1 Å². The molecule has 1 rings (SSSR count). The average Bonchev–Trinajstić information content (AvgIpc) is 2.29. The van der Waals surface area contributed by atoms with E-state index in [0.717, 1.165) is 19.3 Å². The van der Waals surface area contributed by atoms with E-state index < -0.39 is 0 Å². The zero-order chi connectivity index (χ0) is 12.7. The van der Waals surface area contributed by atoms with E-state index in [1.807, 2.05) is 13.8 Å². The van der Waals surface area contributed by atoms with Crippen LogP contribution in [-0.4, -0.2) is 30.7 Å². The van der Waals surface area contributed by atoms with Gasteiger partial charge in [-0.15, -0.1) is 0 Å². The van der Waals surface area contributed by atoms with E-state index in [1.54, 1.807) is 0 Å². The molecule has 0 aliphatic heterocycles. The Labute approximate surface area is 104 Å². The van der Waals surface area contributed by atoms with Crippen molar-refractivity contribution in [2.24, 2.45) is 5.73 Å². The second kappa shape index (κ2) is 6.97. The molecule has 0 aromatic carbocycles. The third-order valence-corrected chi connectivity index (χ3v) is 3.49. The van der Waals surface area contributed by atoms with Gasteiger partial charge in [0.05, 0.1) is 6.61 Å². The molecule has 1 aliphatic carbocycles. The van der Waals surface area contributed by atoms with Crippen LogP contribution in [-0.2, 0) is 9.53 Å². The van der Waals surface area contributed by atoms with Crippen LogP contribution in [0, 0.1) is 0 Å². The van der Waals surface area contributed by atoms with Gasteiger partial charge >= 0.3 is 0 Å². The summed E-state index contributed by atoms with van der Waals surface area (Å²) in [5, 5.41) is 2.88. The first-order valence-electron chi connectivity index (χ1n) is 6.72. The van der Waals surface area contributed by atoms with Crippen LogP contribution in [0.25, 0.3) is 0 Å². The molecule has 0 aromatic heterocycles. The number of rotatable bonds is 6. The minimum absolute atomic E-state index is 0.0428. The number of carbonyl (C=O) groups is 1. The highest BCUT2D eigenvalue weighted by Crippen LogP contribution is 2.25. The lowest BCUT2D eigenvalue weighted by Crippen LogP contribution is -2.47. The summed E-state index contributed by atoms with van der Waals surface area (Å²) >= 11 is 0. The maximum atomic E-state index is 11.5. The van der Waals surface area contributed by atoms with Crippen molar-refractivity contribution >= 4 is 5.91 Å². The van der Waals surface area contributed by atoms with E-state index >= 15 is 0 Å². The summed E-state index contributed by atoms with van der Waals surface area (Å²) in [5.74, 6) is -0.0428. The molecular weight excluding hydrogens is 216 g/mol. The lowest BCUT2D eigenvalue weighted by atomic mass is 9.83. The number of hydrogen-bond donors (Lipinski definition) is 2. The summed E-state index contributed by atoms with van der Waals surface area (Å²) < 4.78 is 5.45. The van der Waals surface area contributed by atoms with Crippen molar-refractivity contribution in [3.63, 3.8) is 0 Å². The lowest BCUT2D eigenvalue weighted by Gasteiger charge is -2.32. The molecular formula is C13H26N2O2. The molecule has 3 N–H and O–H groups in total. The van der Waals surface area contributed by atoms with Gasteiger partial charge in [0.25, 0.3) is 0 Å². The van der Waals surface area contributed by atoms with Crippen molar-refractivity contribution in [2.45, 2.75) is 64.0 Å². The van der Waals surface area contributed by atoms with Gasteiger partial charge in [-0.2, -0.15) is 0 Å². The molecule has 1 aliphatic rings. The van der Waals surface area contributed by atoms with E-state index in [4.69, 9.17) is 10.5 Å². The first-order chi connectivity index (χ1) is 8.06. The Morgan fingerprint density at radius 3 is 2.65 bits per heavy atom. The number of nitrogens with one attached hydrogen (secondary N) is 1. The van der Waals surface area contributed by atoms with Gasteiger partial charge in [-0.05, 0) is 26.2 Å². The van der Waals surface area contributed by atoms with Crippen molar-refractivity contribution in [2.75, 3.05) is 13.2 Å². The number of ether oxygens (including phenoxy) is 1. The van der Waals surface area contributed by atoms with E-state index in [1.165, 1.54) is 19.3 Å². The molecule has 0 spiro atoms. The third kappa shape index (κ3) is 5.50. The minimum atomic E-state index is -0.200. The highest BCUT2D eigenvalue weighted by molar-refractivity contribution is 5.77. The summed E-state index contributed by atoms with van der Waals surface area (Å²) in [7, 11) is 0. The van der Waals surface area contributed by atoms with E-state index in [0.29, 0.717) is 6.61 Å². The monoisotopic (exact) mass is 242 g/mol. The standard InChI is InChI=1S/C13H26N2O2/c1-3-11(2)15-12(16)9-17-10-13(14)7-5-4-6-8-13/h11H,3-10,14H2,1-2H3,(H,15,16). The van der Waals surface area contributed by atoms with Gasteiger partial charge in [0.1, 0.15) is 6.61 Å². The predicted octanol–water partition coefficient (Wildman–Crippen LogP) is 1.58. The molecule has 1 atom stereocenters. The largest absolute Gasteiger partial charge is 0.370 e. The van der Waals surface area contributed by atoms with E-state index in [9.17, 15) is 4.79 Å². The van der Waals surface area contributed by atoms with Crippen LogP contribution in [0.5, 0.6) is 0 Å². The molecule has 4 heteroatoms. The molecule has 0 saturated heterocycles. The Morgan fingerprint density at radius 2 is 2.06 bits per heavy atom. The molecule has 0 bridgehead atoms. The van der Waals surface area contributed by atoms with Crippen molar-refractivity contribution < 1.29 is 9.53 Å². The Morgan fingerprint density at radius 1 is 1.41 bits per heavy atom. The normalized spacial score (nSPS) is 20.9. The third-order valence-electron chi connectivity index (χ3n) is 3.49. The lowest BCUT2D eigenvalue weighted by molar-refractivity contribution is -0.127. The Balaban J connectivity index is 2.16. The van der Waals surface area contributed by atoms with Gasteiger partial charge in [-0.3, -0.25) is 4.79 Å². The summed E-state index contributed by atoms with van der Waals surface area (Å²) in [6.07, 6.45) is 6.60. The molecule has 100 valence electrons. The molecule has 1 amide bonds. The maximum Gasteiger partial charge on any atom is 0.246 e. The molecule has 0 aromatic rings. The van der Waals surface area contributed by atoms with Crippen molar-refractivity contribution in [3.8, 4) is 0 Å². The molecule has 1 unspecified atom stereocenters. The van der Waals surface area contributed by atoms with Gasteiger partial charge in [0.15, 0.2) is 0 Å². The zero-order valence-corrected chi connectivity index (χ0v) is 11.1. The fourth-order valence-corrected chi connectivity index (χ4v) is 2.17. The van der Waals surface area contributed by atoms with Crippen LogP contribution in [0.2, 0.25) is 0 Å². The second-order valence-corrected chi connectivity index (χ2v) is 5.29. The maximum absolute atomic E-state index is 11.5. The highest BCUT2D eigenvalue weighted by atomic mass is 16.5.